The van der Waals surface area contributed by atoms with E-state index >= 15 is 0 Å². The van der Waals surface area contributed by atoms with E-state index in [1.165, 1.54) is 11.8 Å². The number of nitrogens with zero attached hydrogens (tertiary/aromatic N) is 3. The SMILES string of the molecule is CCCCN(CC(=O)N1c2ccccc2-n2cccc2C1c1ccccc1)C(=O)CSc1ccccc1. The summed E-state index contributed by atoms with van der Waals surface area (Å²) in [7, 11) is 0. The fourth-order valence-electron chi connectivity index (χ4n) is 4.85. The molecule has 1 aliphatic rings. The molecule has 1 aromatic heterocycles. The first kappa shape index (κ1) is 24.9. The highest BCUT2D eigenvalue weighted by Gasteiger charge is 2.36. The third-order valence-corrected chi connectivity index (χ3v) is 7.67. The molecule has 37 heavy (non-hydrogen) atoms. The van der Waals surface area contributed by atoms with Gasteiger partial charge in [0.25, 0.3) is 0 Å². The summed E-state index contributed by atoms with van der Waals surface area (Å²) in [6.07, 6.45) is 3.86. The summed E-state index contributed by atoms with van der Waals surface area (Å²) in [5, 5.41) is 0. The largest absolute Gasteiger partial charge is 0.333 e. The predicted octanol–water partition coefficient (Wildman–Crippen LogP) is 6.33. The van der Waals surface area contributed by atoms with E-state index < -0.39 is 0 Å². The van der Waals surface area contributed by atoms with Crippen molar-refractivity contribution in [3.05, 3.63) is 115 Å². The van der Waals surface area contributed by atoms with Gasteiger partial charge >= 0.3 is 0 Å². The standard InChI is InChI=1S/C31H31N3O2S/c1-2-3-20-32(30(36)23-37-25-15-8-5-9-16-25)22-29(35)34-27-18-11-10-17-26(27)33-21-12-19-28(33)31(34)24-13-6-4-7-14-24/h4-19,21,31H,2-3,20,22-23H2,1H3. The van der Waals surface area contributed by atoms with Gasteiger partial charge in [-0.15, -0.1) is 11.8 Å². The molecule has 6 heteroatoms. The van der Waals surface area contributed by atoms with Crippen LogP contribution in [0.3, 0.4) is 0 Å². The number of hydrogen-bond acceptors (Lipinski definition) is 3. The molecule has 0 aliphatic carbocycles. The second-order valence-corrected chi connectivity index (χ2v) is 10.2. The van der Waals surface area contributed by atoms with Crippen molar-refractivity contribution in [2.45, 2.75) is 30.7 Å². The van der Waals surface area contributed by atoms with Crippen molar-refractivity contribution in [2.75, 3.05) is 23.7 Å². The van der Waals surface area contributed by atoms with Gasteiger partial charge in [0.15, 0.2) is 0 Å². The lowest BCUT2D eigenvalue weighted by molar-refractivity contribution is -0.133. The number of thioether (sulfide) groups is 1. The van der Waals surface area contributed by atoms with Crippen LogP contribution in [0.1, 0.15) is 37.1 Å². The number of carbonyl (C=O) groups excluding carboxylic acids is 2. The summed E-state index contributed by atoms with van der Waals surface area (Å²) in [6, 6.07) is 31.8. The first-order valence-electron chi connectivity index (χ1n) is 12.8. The first-order valence-corrected chi connectivity index (χ1v) is 13.7. The van der Waals surface area contributed by atoms with Crippen LogP contribution in [0.2, 0.25) is 0 Å². The highest BCUT2D eigenvalue weighted by atomic mass is 32.2. The molecule has 0 N–H and O–H groups in total. The number of fused-ring (bicyclic) bond motifs is 3. The number of hydrogen-bond donors (Lipinski definition) is 0. The Morgan fingerprint density at radius 1 is 0.838 bits per heavy atom. The number of rotatable bonds is 9. The van der Waals surface area contributed by atoms with E-state index in [-0.39, 0.29) is 24.4 Å². The molecule has 1 aliphatic heterocycles. The molecule has 188 valence electrons. The zero-order valence-electron chi connectivity index (χ0n) is 21.0. The van der Waals surface area contributed by atoms with E-state index in [9.17, 15) is 9.59 Å². The van der Waals surface area contributed by atoms with Crippen LogP contribution in [0.5, 0.6) is 0 Å². The zero-order chi connectivity index (χ0) is 25.6. The quantitative estimate of drug-likeness (QED) is 0.248. The molecular weight excluding hydrogens is 478 g/mol. The number of aromatic nitrogens is 1. The zero-order valence-corrected chi connectivity index (χ0v) is 21.8. The molecule has 5 nitrogen and oxygen atoms in total. The fraction of sp³-hybridized carbons (Fsp3) is 0.226. The number of unbranched alkanes of at least 4 members (excludes halogenated alkanes) is 1. The minimum atomic E-state index is -0.277. The molecule has 1 unspecified atom stereocenters. The Labute approximate surface area is 222 Å². The molecule has 0 bridgehead atoms. The minimum Gasteiger partial charge on any atom is -0.333 e. The van der Waals surface area contributed by atoms with Crippen LogP contribution in [0.15, 0.2) is 108 Å². The summed E-state index contributed by atoms with van der Waals surface area (Å²) < 4.78 is 2.16. The molecule has 3 aromatic carbocycles. The van der Waals surface area contributed by atoms with Gasteiger partial charge in [0, 0.05) is 17.6 Å². The third kappa shape index (κ3) is 5.35. The smallest absolute Gasteiger partial charge is 0.247 e. The van der Waals surface area contributed by atoms with Crippen LogP contribution >= 0.6 is 11.8 Å². The molecule has 2 amide bonds. The van der Waals surface area contributed by atoms with Crippen LogP contribution in [-0.2, 0) is 9.59 Å². The van der Waals surface area contributed by atoms with Crippen LogP contribution in [0.4, 0.5) is 5.69 Å². The normalized spacial score (nSPS) is 14.1. The van der Waals surface area contributed by atoms with Crippen LogP contribution < -0.4 is 4.90 Å². The summed E-state index contributed by atoms with van der Waals surface area (Å²) in [5.74, 6) is 0.214. The number of carbonyl (C=O) groups is 2. The average molecular weight is 510 g/mol. The summed E-state index contributed by atoms with van der Waals surface area (Å²) in [5.41, 5.74) is 3.89. The van der Waals surface area contributed by atoms with Crippen LogP contribution in [0.25, 0.3) is 5.69 Å². The van der Waals surface area contributed by atoms with E-state index in [4.69, 9.17) is 0 Å². The molecule has 0 saturated carbocycles. The van der Waals surface area contributed by atoms with Gasteiger partial charge in [0.05, 0.1) is 22.8 Å². The van der Waals surface area contributed by atoms with Crippen molar-refractivity contribution in [3.63, 3.8) is 0 Å². The van der Waals surface area contributed by atoms with Gasteiger partial charge in [0.2, 0.25) is 11.8 Å². The lowest BCUT2D eigenvalue weighted by Gasteiger charge is -2.39. The van der Waals surface area contributed by atoms with Gasteiger partial charge in [0.1, 0.15) is 12.6 Å². The van der Waals surface area contributed by atoms with Crippen molar-refractivity contribution in [1.29, 1.82) is 0 Å². The molecule has 4 aromatic rings. The minimum absolute atomic E-state index is 0.0133. The molecular formula is C31H31N3O2S. The highest BCUT2D eigenvalue weighted by Crippen LogP contribution is 2.42. The molecule has 5 rings (SSSR count). The van der Waals surface area contributed by atoms with Crippen molar-refractivity contribution in [1.82, 2.24) is 9.47 Å². The number of anilines is 1. The Bertz CT molecular complexity index is 1350. The van der Waals surface area contributed by atoms with Gasteiger partial charge < -0.3 is 9.47 Å². The summed E-state index contributed by atoms with van der Waals surface area (Å²) in [4.78, 5) is 32.1. The van der Waals surface area contributed by atoms with Gasteiger partial charge in [-0.1, -0.05) is 74.0 Å². The Morgan fingerprint density at radius 3 is 2.24 bits per heavy atom. The van der Waals surface area contributed by atoms with E-state index in [0.717, 1.165) is 40.4 Å². The van der Waals surface area contributed by atoms with E-state index in [0.29, 0.717) is 12.3 Å². The third-order valence-electron chi connectivity index (χ3n) is 6.67. The Balaban J connectivity index is 1.45. The second-order valence-electron chi connectivity index (χ2n) is 9.14. The van der Waals surface area contributed by atoms with Gasteiger partial charge in [-0.05, 0) is 48.4 Å². The maximum absolute atomic E-state index is 14.1. The van der Waals surface area contributed by atoms with Crippen molar-refractivity contribution < 1.29 is 9.59 Å². The monoisotopic (exact) mass is 509 g/mol. The van der Waals surface area contributed by atoms with Crippen molar-refractivity contribution in [3.8, 4) is 5.69 Å². The Hall–Kier alpha value is -3.77. The lowest BCUT2D eigenvalue weighted by atomic mass is 9.97. The maximum atomic E-state index is 14.1. The topological polar surface area (TPSA) is 45.6 Å². The fourth-order valence-corrected chi connectivity index (χ4v) is 5.67. The summed E-state index contributed by atoms with van der Waals surface area (Å²) in [6.45, 7) is 2.72. The highest BCUT2D eigenvalue weighted by molar-refractivity contribution is 8.00. The molecule has 0 fully saturated rings. The molecule has 0 saturated heterocycles. The molecule has 0 spiro atoms. The summed E-state index contributed by atoms with van der Waals surface area (Å²) >= 11 is 1.51. The lowest BCUT2D eigenvalue weighted by Crippen LogP contribution is -2.47. The van der Waals surface area contributed by atoms with E-state index in [1.54, 1.807) is 4.90 Å². The van der Waals surface area contributed by atoms with Gasteiger partial charge in [-0.3, -0.25) is 14.5 Å². The van der Waals surface area contributed by atoms with E-state index in [1.807, 2.05) is 90.0 Å². The Kier molecular flexibility index (Phi) is 7.76. The van der Waals surface area contributed by atoms with E-state index in [2.05, 4.69) is 29.7 Å². The molecule has 2 heterocycles. The first-order chi connectivity index (χ1) is 18.2. The average Bonchev–Trinajstić information content (AvgIpc) is 3.44. The molecule has 0 radical (unpaired) electrons. The van der Waals surface area contributed by atoms with Gasteiger partial charge in [-0.2, -0.15) is 0 Å². The second kappa shape index (κ2) is 11.5. The van der Waals surface area contributed by atoms with Crippen LogP contribution in [-0.4, -0.2) is 40.1 Å². The van der Waals surface area contributed by atoms with Gasteiger partial charge in [-0.25, -0.2) is 0 Å². The van der Waals surface area contributed by atoms with Crippen molar-refractivity contribution >= 4 is 29.3 Å². The Morgan fingerprint density at radius 2 is 1.51 bits per heavy atom. The number of amides is 2. The number of benzene rings is 3. The molecule has 1 atom stereocenters. The maximum Gasteiger partial charge on any atom is 0.247 e. The number of para-hydroxylation sites is 2. The van der Waals surface area contributed by atoms with Crippen molar-refractivity contribution in [2.24, 2.45) is 0 Å². The predicted molar refractivity (Wildman–Crippen MR) is 150 cm³/mol. The van der Waals surface area contributed by atoms with Crippen LogP contribution in [0, 0.1) is 0 Å².